The number of para-hydroxylation sites is 1. The molecule has 0 saturated carbocycles. The highest BCUT2D eigenvalue weighted by atomic mass is 35.5. The smallest absolute Gasteiger partial charge is 0.201 e. The average Bonchev–Trinajstić information content (AvgIpc) is 2.55. The van der Waals surface area contributed by atoms with Crippen LogP contribution in [0.4, 0.5) is 5.95 Å². The van der Waals surface area contributed by atoms with Gasteiger partial charge in [-0.2, -0.15) is 0 Å². The van der Waals surface area contributed by atoms with E-state index in [2.05, 4.69) is 25.8 Å². The van der Waals surface area contributed by atoms with E-state index in [1.807, 2.05) is 22.8 Å². The molecule has 1 heterocycles. The number of aromatic nitrogens is 2. The van der Waals surface area contributed by atoms with E-state index >= 15 is 0 Å². The summed E-state index contributed by atoms with van der Waals surface area (Å²) in [5.41, 5.74) is 7.75. The van der Waals surface area contributed by atoms with Crippen LogP contribution in [0.5, 0.6) is 0 Å². The molecule has 0 spiro atoms. The van der Waals surface area contributed by atoms with Crippen LogP contribution in [0.1, 0.15) is 26.8 Å². The van der Waals surface area contributed by atoms with Crippen LogP contribution in [0.25, 0.3) is 11.0 Å². The van der Waals surface area contributed by atoms with Crippen molar-refractivity contribution in [1.82, 2.24) is 9.55 Å². The van der Waals surface area contributed by atoms with E-state index in [-0.39, 0.29) is 0 Å². The van der Waals surface area contributed by atoms with Gasteiger partial charge < -0.3 is 10.3 Å². The second-order valence-corrected chi connectivity index (χ2v) is 4.84. The molecule has 3 nitrogen and oxygen atoms in total. The van der Waals surface area contributed by atoms with Crippen molar-refractivity contribution in [2.24, 2.45) is 5.92 Å². The van der Waals surface area contributed by atoms with Gasteiger partial charge in [0.15, 0.2) is 0 Å². The summed E-state index contributed by atoms with van der Waals surface area (Å²) in [4.78, 5) is 4.32. The average molecular weight is 238 g/mol. The Balaban J connectivity index is 2.70. The van der Waals surface area contributed by atoms with Crippen LogP contribution >= 0.6 is 11.6 Å². The van der Waals surface area contributed by atoms with Crippen LogP contribution in [0.15, 0.2) is 18.2 Å². The number of nitrogens with two attached hydrogens (primary N) is 1. The highest BCUT2D eigenvalue weighted by Crippen LogP contribution is 2.30. The van der Waals surface area contributed by atoms with E-state index in [1.54, 1.807) is 0 Å². The molecular weight excluding hydrogens is 222 g/mol. The first-order valence-corrected chi connectivity index (χ1v) is 5.82. The molecule has 0 saturated heterocycles. The Morgan fingerprint density at radius 3 is 2.62 bits per heavy atom. The number of fused-ring (bicyclic) bond motifs is 1. The molecule has 1 unspecified atom stereocenters. The van der Waals surface area contributed by atoms with Crippen molar-refractivity contribution in [3.05, 3.63) is 23.2 Å². The van der Waals surface area contributed by atoms with Crippen LogP contribution in [0.3, 0.4) is 0 Å². The summed E-state index contributed by atoms with van der Waals surface area (Å²) in [6.07, 6.45) is 0. The van der Waals surface area contributed by atoms with Gasteiger partial charge in [0.05, 0.1) is 10.5 Å². The maximum atomic E-state index is 6.10. The van der Waals surface area contributed by atoms with E-state index in [0.29, 0.717) is 22.9 Å². The van der Waals surface area contributed by atoms with Crippen molar-refractivity contribution in [3.63, 3.8) is 0 Å². The fourth-order valence-electron chi connectivity index (χ4n) is 1.83. The fraction of sp³-hybridized carbons (Fsp3) is 0.417. The summed E-state index contributed by atoms with van der Waals surface area (Å²) in [7, 11) is 0. The molecule has 0 fully saturated rings. The quantitative estimate of drug-likeness (QED) is 0.869. The molecule has 86 valence electrons. The Morgan fingerprint density at radius 1 is 1.31 bits per heavy atom. The normalized spacial score (nSPS) is 13.6. The first-order valence-electron chi connectivity index (χ1n) is 5.44. The third kappa shape index (κ3) is 1.65. The van der Waals surface area contributed by atoms with Gasteiger partial charge in [-0.15, -0.1) is 0 Å². The van der Waals surface area contributed by atoms with Gasteiger partial charge >= 0.3 is 0 Å². The van der Waals surface area contributed by atoms with E-state index in [9.17, 15) is 0 Å². The number of benzene rings is 1. The van der Waals surface area contributed by atoms with Gasteiger partial charge in [0.2, 0.25) is 5.95 Å². The lowest BCUT2D eigenvalue weighted by molar-refractivity contribution is 0.421. The van der Waals surface area contributed by atoms with Crippen LogP contribution in [-0.2, 0) is 0 Å². The Bertz CT molecular complexity index is 516. The molecular formula is C12H16ClN3. The largest absolute Gasteiger partial charge is 0.369 e. The summed E-state index contributed by atoms with van der Waals surface area (Å²) in [5.74, 6) is 1.03. The predicted octanol–water partition coefficient (Wildman–Crippen LogP) is 3.49. The lowest BCUT2D eigenvalue weighted by Crippen LogP contribution is -2.13. The third-order valence-corrected chi connectivity index (χ3v) is 3.38. The van der Waals surface area contributed by atoms with Crippen molar-refractivity contribution >= 4 is 28.6 Å². The number of nitrogen functional groups attached to an aromatic ring is 1. The predicted molar refractivity (Wildman–Crippen MR) is 68.7 cm³/mol. The molecule has 16 heavy (non-hydrogen) atoms. The number of nitrogens with zero attached hydrogens (tertiary/aromatic N) is 2. The Labute approximate surface area is 100 Å². The summed E-state index contributed by atoms with van der Waals surface area (Å²) >= 11 is 6.10. The van der Waals surface area contributed by atoms with Gasteiger partial charge in [0.25, 0.3) is 0 Å². The van der Waals surface area contributed by atoms with E-state index in [4.69, 9.17) is 17.3 Å². The van der Waals surface area contributed by atoms with Gasteiger partial charge in [-0.25, -0.2) is 4.98 Å². The number of rotatable bonds is 2. The lowest BCUT2D eigenvalue weighted by Gasteiger charge is -2.19. The van der Waals surface area contributed by atoms with Gasteiger partial charge in [-0.1, -0.05) is 31.5 Å². The number of anilines is 1. The molecule has 2 aromatic rings. The highest BCUT2D eigenvalue weighted by Gasteiger charge is 2.17. The highest BCUT2D eigenvalue weighted by molar-refractivity contribution is 6.35. The summed E-state index contributed by atoms with van der Waals surface area (Å²) in [5, 5.41) is 0.652. The second-order valence-electron chi connectivity index (χ2n) is 4.43. The molecule has 0 aliphatic heterocycles. The number of imidazole rings is 1. The maximum absolute atomic E-state index is 6.10. The minimum absolute atomic E-state index is 0.309. The molecule has 0 bridgehead atoms. The molecule has 1 aromatic heterocycles. The van der Waals surface area contributed by atoms with Gasteiger partial charge in [-0.3, -0.25) is 0 Å². The van der Waals surface area contributed by atoms with Crippen LogP contribution in [-0.4, -0.2) is 9.55 Å². The van der Waals surface area contributed by atoms with Crippen LogP contribution in [0, 0.1) is 5.92 Å². The number of halogens is 1. The lowest BCUT2D eigenvalue weighted by atomic mass is 10.1. The molecule has 0 amide bonds. The van der Waals surface area contributed by atoms with Gasteiger partial charge in [-0.05, 0) is 25.0 Å². The summed E-state index contributed by atoms with van der Waals surface area (Å²) in [6, 6.07) is 6.07. The fourth-order valence-corrected chi connectivity index (χ4v) is 2.04. The molecule has 1 aromatic carbocycles. The van der Waals surface area contributed by atoms with Crippen molar-refractivity contribution in [2.45, 2.75) is 26.8 Å². The maximum Gasteiger partial charge on any atom is 0.201 e. The Hall–Kier alpha value is -1.22. The van der Waals surface area contributed by atoms with Crippen LogP contribution in [0.2, 0.25) is 5.02 Å². The Kier molecular flexibility index (Phi) is 2.80. The molecule has 2 rings (SSSR count). The van der Waals surface area contributed by atoms with Crippen molar-refractivity contribution in [3.8, 4) is 0 Å². The zero-order chi connectivity index (χ0) is 11.9. The third-order valence-electron chi connectivity index (χ3n) is 3.07. The monoisotopic (exact) mass is 237 g/mol. The summed E-state index contributed by atoms with van der Waals surface area (Å²) < 4.78 is 2.05. The number of hydrogen-bond acceptors (Lipinski definition) is 2. The first kappa shape index (κ1) is 11.3. The van der Waals surface area contributed by atoms with E-state index in [0.717, 1.165) is 11.0 Å². The van der Waals surface area contributed by atoms with Gasteiger partial charge in [0.1, 0.15) is 5.52 Å². The SMILES string of the molecule is CC(C)C(C)n1c(N)nc2c(Cl)cccc21. The molecule has 2 N–H and O–H groups in total. The second kappa shape index (κ2) is 3.98. The van der Waals surface area contributed by atoms with E-state index < -0.39 is 0 Å². The van der Waals surface area contributed by atoms with Crippen molar-refractivity contribution in [1.29, 1.82) is 0 Å². The zero-order valence-corrected chi connectivity index (χ0v) is 10.5. The molecule has 1 atom stereocenters. The number of hydrogen-bond donors (Lipinski definition) is 1. The molecule has 0 aliphatic carbocycles. The van der Waals surface area contributed by atoms with Crippen molar-refractivity contribution in [2.75, 3.05) is 5.73 Å². The minimum atomic E-state index is 0.309. The van der Waals surface area contributed by atoms with Crippen LogP contribution < -0.4 is 5.73 Å². The Morgan fingerprint density at radius 2 is 2.00 bits per heavy atom. The minimum Gasteiger partial charge on any atom is -0.369 e. The molecule has 0 aliphatic rings. The standard InChI is InChI=1S/C12H16ClN3/c1-7(2)8(3)16-10-6-4-5-9(13)11(10)15-12(16)14/h4-8H,1-3H3,(H2,14,15). The first-order chi connectivity index (χ1) is 7.52. The zero-order valence-electron chi connectivity index (χ0n) is 9.74. The molecule has 0 radical (unpaired) electrons. The summed E-state index contributed by atoms with van der Waals surface area (Å²) in [6.45, 7) is 6.48. The molecule has 4 heteroatoms. The topological polar surface area (TPSA) is 43.8 Å². The van der Waals surface area contributed by atoms with Gasteiger partial charge in [0, 0.05) is 6.04 Å². The van der Waals surface area contributed by atoms with Crippen molar-refractivity contribution < 1.29 is 0 Å². The van der Waals surface area contributed by atoms with E-state index in [1.165, 1.54) is 0 Å².